The monoisotopic (exact) mass is 393 g/mol. The van der Waals surface area contributed by atoms with E-state index < -0.39 is 0 Å². The fraction of sp³-hybridized carbons (Fsp3) is 0.850. The Morgan fingerprint density at radius 1 is 1.25 bits per heavy atom. The minimum absolute atomic E-state index is 0.327. The molecule has 8 heteroatoms. The zero-order valence-corrected chi connectivity index (χ0v) is 18.2. The highest BCUT2D eigenvalue weighted by Gasteiger charge is 2.22. The first-order chi connectivity index (χ1) is 13.6. The Hall–Kier alpha value is -1.67. The molecule has 8 nitrogen and oxygen atoms in total. The zero-order chi connectivity index (χ0) is 20.2. The van der Waals surface area contributed by atoms with Crippen LogP contribution in [0.15, 0.2) is 4.99 Å². The van der Waals surface area contributed by atoms with Crippen LogP contribution in [0.5, 0.6) is 0 Å². The van der Waals surface area contributed by atoms with Crippen molar-refractivity contribution in [3.05, 3.63) is 11.6 Å². The molecule has 1 aromatic heterocycles. The van der Waals surface area contributed by atoms with Crippen LogP contribution in [0.1, 0.15) is 57.1 Å². The van der Waals surface area contributed by atoms with Gasteiger partial charge >= 0.3 is 0 Å². The molecule has 0 saturated heterocycles. The Morgan fingerprint density at radius 3 is 2.79 bits per heavy atom. The molecule has 1 atom stereocenters. The summed E-state index contributed by atoms with van der Waals surface area (Å²) in [4.78, 5) is 11.6. The molecule has 2 N–H and O–H groups in total. The molecule has 0 spiro atoms. The van der Waals surface area contributed by atoms with Gasteiger partial charge in [0.25, 0.3) is 0 Å². The number of fused-ring (bicyclic) bond motifs is 1. The lowest BCUT2D eigenvalue weighted by molar-refractivity contribution is 0.177. The van der Waals surface area contributed by atoms with E-state index in [9.17, 15) is 0 Å². The second-order valence-electron chi connectivity index (χ2n) is 7.77. The van der Waals surface area contributed by atoms with Gasteiger partial charge in [0.2, 0.25) is 0 Å². The van der Waals surface area contributed by atoms with Crippen LogP contribution in [-0.2, 0) is 24.3 Å². The smallest absolute Gasteiger partial charge is 0.191 e. The summed E-state index contributed by atoms with van der Waals surface area (Å²) in [6.07, 6.45) is 8.28. The van der Waals surface area contributed by atoms with Crippen LogP contribution in [0.3, 0.4) is 0 Å². The van der Waals surface area contributed by atoms with Gasteiger partial charge in [-0.05, 0) is 46.8 Å². The molecule has 2 heterocycles. The number of ether oxygens (including phenoxy) is 1. The zero-order valence-electron chi connectivity index (χ0n) is 18.2. The van der Waals surface area contributed by atoms with Crippen molar-refractivity contribution in [3.8, 4) is 0 Å². The fourth-order valence-electron chi connectivity index (χ4n) is 3.44. The number of guanidine groups is 1. The van der Waals surface area contributed by atoms with Crippen molar-refractivity contribution in [2.24, 2.45) is 4.99 Å². The van der Waals surface area contributed by atoms with Crippen molar-refractivity contribution in [2.75, 3.05) is 40.8 Å². The quantitative estimate of drug-likeness (QED) is 0.320. The number of methoxy groups -OCH3 is 1. The summed E-state index contributed by atoms with van der Waals surface area (Å²) in [5, 5.41) is 11.5. The Kier molecular flexibility index (Phi) is 10.3. The summed E-state index contributed by atoms with van der Waals surface area (Å²) < 4.78 is 7.15. The van der Waals surface area contributed by atoms with E-state index >= 15 is 0 Å². The van der Waals surface area contributed by atoms with Gasteiger partial charge in [-0.2, -0.15) is 5.10 Å². The number of nitrogens with one attached hydrogen (secondary N) is 2. The minimum Gasteiger partial charge on any atom is -0.377 e. The average Bonchev–Trinajstić information content (AvgIpc) is 3.05. The van der Waals surface area contributed by atoms with E-state index in [1.807, 2.05) is 4.68 Å². The van der Waals surface area contributed by atoms with Crippen molar-refractivity contribution >= 4 is 5.96 Å². The Morgan fingerprint density at radius 2 is 2.04 bits per heavy atom. The third-order valence-electron chi connectivity index (χ3n) is 4.89. The van der Waals surface area contributed by atoms with Gasteiger partial charge in [0.1, 0.15) is 12.4 Å². The molecular formula is C20H39N7O. The van der Waals surface area contributed by atoms with Crippen LogP contribution < -0.4 is 10.6 Å². The van der Waals surface area contributed by atoms with E-state index in [-0.39, 0.29) is 0 Å². The maximum Gasteiger partial charge on any atom is 0.191 e. The highest BCUT2D eigenvalue weighted by molar-refractivity contribution is 5.80. The third kappa shape index (κ3) is 8.14. The summed E-state index contributed by atoms with van der Waals surface area (Å²) in [5.74, 6) is 2.74. The summed E-state index contributed by atoms with van der Waals surface area (Å²) in [6, 6.07) is 0.327. The van der Waals surface area contributed by atoms with Crippen molar-refractivity contribution < 1.29 is 4.74 Å². The molecule has 1 aliphatic rings. The number of hydrogen-bond acceptors (Lipinski definition) is 5. The van der Waals surface area contributed by atoms with Crippen molar-refractivity contribution in [1.82, 2.24) is 30.3 Å². The fourth-order valence-corrected chi connectivity index (χ4v) is 3.44. The largest absolute Gasteiger partial charge is 0.377 e. The van der Waals surface area contributed by atoms with Gasteiger partial charge in [-0.15, -0.1) is 0 Å². The normalized spacial score (nSPS) is 17.0. The van der Waals surface area contributed by atoms with Gasteiger partial charge in [0.05, 0.1) is 6.54 Å². The standard InChI is InChI=1S/C20H39N7O/c1-5-21-20(22-13-9-7-6-8-10-14-26(2)3)23-17-11-12-19-24-18(16-28-4)25-27(19)15-17/h17H,5-16H2,1-4H3,(H2,21,22,23). The molecule has 1 aliphatic heterocycles. The molecule has 0 bridgehead atoms. The first-order valence-electron chi connectivity index (χ1n) is 10.7. The lowest BCUT2D eigenvalue weighted by Crippen LogP contribution is -2.47. The average molecular weight is 394 g/mol. The van der Waals surface area contributed by atoms with E-state index in [2.05, 4.69) is 46.6 Å². The number of aromatic nitrogens is 3. The first-order valence-corrected chi connectivity index (χ1v) is 10.7. The second kappa shape index (κ2) is 12.7. The van der Waals surface area contributed by atoms with Crippen LogP contribution >= 0.6 is 0 Å². The van der Waals surface area contributed by atoms with E-state index in [1.165, 1.54) is 32.2 Å². The predicted molar refractivity (Wildman–Crippen MR) is 114 cm³/mol. The molecule has 0 radical (unpaired) electrons. The molecule has 2 rings (SSSR count). The van der Waals surface area contributed by atoms with Crippen molar-refractivity contribution in [1.29, 1.82) is 0 Å². The highest BCUT2D eigenvalue weighted by atomic mass is 16.5. The molecule has 0 fully saturated rings. The second-order valence-corrected chi connectivity index (χ2v) is 7.77. The molecule has 160 valence electrons. The Bertz CT molecular complexity index is 585. The SMILES string of the molecule is CCNC(=NCCCCCCCN(C)C)NC1CCc2nc(COC)nn2C1. The van der Waals surface area contributed by atoms with E-state index in [0.29, 0.717) is 12.6 Å². The van der Waals surface area contributed by atoms with Gasteiger partial charge in [-0.1, -0.05) is 19.3 Å². The van der Waals surface area contributed by atoms with Crippen LogP contribution in [0.2, 0.25) is 0 Å². The summed E-state index contributed by atoms with van der Waals surface area (Å²) in [6.45, 7) is 6.33. The number of aryl methyl sites for hydroxylation is 1. The van der Waals surface area contributed by atoms with Crippen LogP contribution in [0.4, 0.5) is 0 Å². The molecule has 28 heavy (non-hydrogen) atoms. The van der Waals surface area contributed by atoms with Crippen LogP contribution in [0.25, 0.3) is 0 Å². The van der Waals surface area contributed by atoms with E-state index in [1.54, 1.807) is 7.11 Å². The maximum atomic E-state index is 5.14. The van der Waals surface area contributed by atoms with Gasteiger partial charge in [-0.25, -0.2) is 9.67 Å². The van der Waals surface area contributed by atoms with Crippen LogP contribution in [0, 0.1) is 0 Å². The minimum atomic E-state index is 0.327. The summed E-state index contributed by atoms with van der Waals surface area (Å²) in [7, 11) is 5.95. The summed E-state index contributed by atoms with van der Waals surface area (Å²) in [5.41, 5.74) is 0. The molecule has 1 unspecified atom stereocenters. The number of nitrogens with zero attached hydrogens (tertiary/aromatic N) is 5. The topological polar surface area (TPSA) is 79.6 Å². The van der Waals surface area contributed by atoms with Gasteiger partial charge in [-0.3, -0.25) is 4.99 Å². The van der Waals surface area contributed by atoms with Crippen LogP contribution in [-0.4, -0.2) is 72.5 Å². The summed E-state index contributed by atoms with van der Waals surface area (Å²) >= 11 is 0. The lowest BCUT2D eigenvalue weighted by Gasteiger charge is -2.25. The van der Waals surface area contributed by atoms with Gasteiger partial charge < -0.3 is 20.3 Å². The molecule has 0 amide bonds. The van der Waals surface area contributed by atoms with Gasteiger partial charge in [0, 0.05) is 32.7 Å². The number of hydrogen-bond donors (Lipinski definition) is 2. The number of rotatable bonds is 12. The molecule has 0 aliphatic carbocycles. The van der Waals surface area contributed by atoms with E-state index in [4.69, 9.17) is 9.73 Å². The van der Waals surface area contributed by atoms with Crippen molar-refractivity contribution in [2.45, 2.75) is 71.1 Å². The lowest BCUT2D eigenvalue weighted by atomic mass is 10.1. The maximum absolute atomic E-state index is 5.14. The molecule has 0 aromatic carbocycles. The third-order valence-corrected chi connectivity index (χ3v) is 4.89. The molecule has 0 saturated carbocycles. The van der Waals surface area contributed by atoms with Crippen molar-refractivity contribution in [3.63, 3.8) is 0 Å². The van der Waals surface area contributed by atoms with E-state index in [0.717, 1.165) is 56.5 Å². The number of aliphatic imine (C=N–C) groups is 1. The molecular weight excluding hydrogens is 354 g/mol. The Balaban J connectivity index is 1.72. The first kappa shape index (κ1) is 22.6. The molecule has 1 aromatic rings. The highest BCUT2D eigenvalue weighted by Crippen LogP contribution is 2.13. The van der Waals surface area contributed by atoms with Gasteiger partial charge in [0.15, 0.2) is 11.8 Å². The predicted octanol–water partition coefficient (Wildman–Crippen LogP) is 1.81. The number of unbranched alkanes of at least 4 members (excludes halogenated alkanes) is 4. The Labute approximate surface area is 170 Å².